The molecule has 2 aromatic rings. The Bertz CT molecular complexity index is 467. The molecule has 1 aromatic carbocycles. The summed E-state index contributed by atoms with van der Waals surface area (Å²) in [6.45, 7) is 0. The van der Waals surface area contributed by atoms with Crippen LogP contribution < -0.4 is 0 Å². The number of hydrogen-bond donors (Lipinski definition) is 0. The van der Waals surface area contributed by atoms with Crippen molar-refractivity contribution in [2.24, 2.45) is 0 Å². The molecule has 14 heavy (non-hydrogen) atoms. The summed E-state index contributed by atoms with van der Waals surface area (Å²) in [6.07, 6.45) is 1.82. The molecule has 0 aliphatic rings. The Morgan fingerprint density at radius 1 is 1.36 bits per heavy atom. The minimum absolute atomic E-state index is 0.0788. The van der Waals surface area contributed by atoms with Crippen LogP contribution in [0.4, 0.5) is 4.39 Å². The third-order valence-corrected chi connectivity index (χ3v) is 1.79. The molecule has 0 unspecified atom stereocenters. The van der Waals surface area contributed by atoms with Crippen LogP contribution in [0, 0.1) is 5.82 Å². The summed E-state index contributed by atoms with van der Waals surface area (Å²) in [6, 6.07) is 6.10. The third-order valence-electron chi connectivity index (χ3n) is 1.79. The highest BCUT2D eigenvalue weighted by Crippen LogP contribution is 2.12. The Hall–Kier alpha value is -2.04. The zero-order chi connectivity index (χ0) is 9.97. The highest BCUT2D eigenvalue weighted by Gasteiger charge is 2.08. The molecular weight excluding hydrogens is 185 g/mol. The van der Waals surface area contributed by atoms with Crippen LogP contribution >= 0.6 is 0 Å². The number of nitrogens with zero attached hydrogens (tertiary/aromatic N) is 3. The number of benzene rings is 1. The maximum atomic E-state index is 13.3. The summed E-state index contributed by atoms with van der Waals surface area (Å²) < 4.78 is 14.6. The van der Waals surface area contributed by atoms with Gasteiger partial charge in [0.15, 0.2) is 6.29 Å². The first-order chi connectivity index (χ1) is 6.83. The third kappa shape index (κ3) is 1.28. The van der Waals surface area contributed by atoms with Crippen molar-refractivity contribution in [2.45, 2.75) is 0 Å². The lowest BCUT2D eigenvalue weighted by Gasteiger charge is -2.02. The first kappa shape index (κ1) is 8.55. The van der Waals surface area contributed by atoms with E-state index < -0.39 is 5.82 Å². The van der Waals surface area contributed by atoms with Gasteiger partial charge in [0.1, 0.15) is 12.1 Å². The van der Waals surface area contributed by atoms with Crippen LogP contribution in [0.1, 0.15) is 10.6 Å². The summed E-state index contributed by atoms with van der Waals surface area (Å²) in [5.74, 6) is -0.342. The molecule has 0 radical (unpaired) electrons. The van der Waals surface area contributed by atoms with Crippen molar-refractivity contribution >= 4 is 6.29 Å². The minimum Gasteiger partial charge on any atom is -0.294 e. The molecule has 5 heteroatoms. The normalized spacial score (nSPS) is 10.1. The molecule has 0 bridgehead atoms. The Labute approximate surface area is 79.0 Å². The van der Waals surface area contributed by atoms with Crippen molar-refractivity contribution in [3.63, 3.8) is 0 Å². The topological polar surface area (TPSA) is 47.8 Å². The van der Waals surface area contributed by atoms with E-state index in [-0.39, 0.29) is 11.5 Å². The fraction of sp³-hybridized carbons (Fsp3) is 0. The van der Waals surface area contributed by atoms with Crippen LogP contribution in [0.3, 0.4) is 0 Å². The predicted molar refractivity (Wildman–Crippen MR) is 46.7 cm³/mol. The number of rotatable bonds is 2. The van der Waals surface area contributed by atoms with Crippen molar-refractivity contribution in [3.05, 3.63) is 42.2 Å². The molecule has 1 heterocycles. The SMILES string of the molecule is O=Cc1nncn1-c1ccccc1F. The van der Waals surface area contributed by atoms with Crippen LogP contribution in [0.5, 0.6) is 0 Å². The number of halogens is 1. The largest absolute Gasteiger partial charge is 0.294 e. The van der Waals surface area contributed by atoms with Crippen LogP contribution in [0.15, 0.2) is 30.6 Å². The molecule has 2 rings (SSSR count). The van der Waals surface area contributed by atoms with Crippen molar-refractivity contribution in [1.82, 2.24) is 14.8 Å². The van der Waals surface area contributed by atoms with Crippen LogP contribution in [-0.4, -0.2) is 21.1 Å². The van der Waals surface area contributed by atoms with Crippen LogP contribution in [-0.2, 0) is 0 Å². The van der Waals surface area contributed by atoms with E-state index in [0.29, 0.717) is 6.29 Å². The second kappa shape index (κ2) is 3.37. The number of para-hydroxylation sites is 1. The zero-order valence-electron chi connectivity index (χ0n) is 7.09. The molecule has 1 aromatic heterocycles. The van der Waals surface area contributed by atoms with Crippen molar-refractivity contribution in [1.29, 1.82) is 0 Å². The Morgan fingerprint density at radius 2 is 2.14 bits per heavy atom. The molecular formula is C9H6FN3O. The lowest BCUT2D eigenvalue weighted by atomic mass is 10.3. The number of aldehydes is 1. The van der Waals surface area contributed by atoms with Gasteiger partial charge in [-0.05, 0) is 12.1 Å². The van der Waals surface area contributed by atoms with E-state index in [1.165, 1.54) is 17.0 Å². The van der Waals surface area contributed by atoms with Crippen LogP contribution in [0.2, 0.25) is 0 Å². The van der Waals surface area contributed by atoms with Gasteiger partial charge in [-0.2, -0.15) is 0 Å². The molecule has 0 amide bonds. The highest BCUT2D eigenvalue weighted by molar-refractivity contribution is 5.70. The summed E-state index contributed by atoms with van der Waals surface area (Å²) >= 11 is 0. The Kier molecular flexibility index (Phi) is 2.06. The van der Waals surface area contributed by atoms with Gasteiger partial charge in [0, 0.05) is 0 Å². The lowest BCUT2D eigenvalue weighted by Crippen LogP contribution is -2.01. The zero-order valence-corrected chi connectivity index (χ0v) is 7.09. The minimum atomic E-state index is -0.421. The van der Waals surface area contributed by atoms with Gasteiger partial charge in [-0.3, -0.25) is 9.36 Å². The van der Waals surface area contributed by atoms with Gasteiger partial charge < -0.3 is 0 Å². The Balaban J connectivity index is 2.60. The monoisotopic (exact) mass is 191 g/mol. The Morgan fingerprint density at radius 3 is 2.86 bits per heavy atom. The lowest BCUT2D eigenvalue weighted by molar-refractivity contribution is 0.111. The van der Waals surface area contributed by atoms with E-state index in [1.807, 2.05) is 0 Å². The molecule has 0 N–H and O–H groups in total. The molecule has 0 aliphatic heterocycles. The predicted octanol–water partition coefficient (Wildman–Crippen LogP) is 1.22. The first-order valence-corrected chi connectivity index (χ1v) is 3.93. The first-order valence-electron chi connectivity index (χ1n) is 3.93. The standard InChI is InChI=1S/C9H6FN3O/c10-7-3-1-2-4-8(7)13-6-11-12-9(13)5-14/h1-6H. The van der Waals surface area contributed by atoms with E-state index in [9.17, 15) is 9.18 Å². The quantitative estimate of drug-likeness (QED) is 0.670. The van der Waals surface area contributed by atoms with E-state index in [2.05, 4.69) is 10.2 Å². The van der Waals surface area contributed by atoms with Gasteiger partial charge in [0.05, 0.1) is 5.69 Å². The second-order valence-electron chi connectivity index (χ2n) is 2.63. The van der Waals surface area contributed by atoms with Gasteiger partial charge in [0.25, 0.3) is 0 Å². The molecule has 0 saturated carbocycles. The van der Waals surface area contributed by atoms with Crippen molar-refractivity contribution in [2.75, 3.05) is 0 Å². The molecule has 4 nitrogen and oxygen atoms in total. The van der Waals surface area contributed by atoms with E-state index in [0.717, 1.165) is 0 Å². The van der Waals surface area contributed by atoms with Crippen molar-refractivity contribution < 1.29 is 9.18 Å². The van der Waals surface area contributed by atoms with Gasteiger partial charge in [0.2, 0.25) is 5.82 Å². The fourth-order valence-electron chi connectivity index (χ4n) is 1.16. The average molecular weight is 191 g/mol. The maximum Gasteiger partial charge on any atom is 0.201 e. The van der Waals surface area contributed by atoms with Gasteiger partial charge >= 0.3 is 0 Å². The molecule has 0 spiro atoms. The van der Waals surface area contributed by atoms with E-state index in [1.54, 1.807) is 18.2 Å². The van der Waals surface area contributed by atoms with Gasteiger partial charge in [-0.25, -0.2) is 4.39 Å². The summed E-state index contributed by atoms with van der Waals surface area (Å²) in [5, 5.41) is 7.06. The summed E-state index contributed by atoms with van der Waals surface area (Å²) in [4.78, 5) is 10.5. The summed E-state index contributed by atoms with van der Waals surface area (Å²) in [7, 11) is 0. The maximum absolute atomic E-state index is 13.3. The number of carbonyl (C=O) groups is 1. The number of aromatic nitrogens is 3. The molecule has 70 valence electrons. The van der Waals surface area contributed by atoms with E-state index in [4.69, 9.17) is 0 Å². The number of hydrogen-bond acceptors (Lipinski definition) is 3. The molecule has 0 fully saturated rings. The van der Waals surface area contributed by atoms with Gasteiger partial charge in [-0.15, -0.1) is 10.2 Å². The van der Waals surface area contributed by atoms with E-state index >= 15 is 0 Å². The molecule has 0 aliphatic carbocycles. The van der Waals surface area contributed by atoms with Crippen molar-refractivity contribution in [3.8, 4) is 5.69 Å². The highest BCUT2D eigenvalue weighted by atomic mass is 19.1. The average Bonchev–Trinajstić information content (AvgIpc) is 2.66. The molecule has 0 atom stereocenters. The fourth-order valence-corrected chi connectivity index (χ4v) is 1.16. The van der Waals surface area contributed by atoms with Crippen LogP contribution in [0.25, 0.3) is 5.69 Å². The smallest absolute Gasteiger partial charge is 0.201 e. The summed E-state index contributed by atoms with van der Waals surface area (Å²) in [5.41, 5.74) is 0.264. The second-order valence-corrected chi connectivity index (χ2v) is 2.63. The number of carbonyl (C=O) groups excluding carboxylic acids is 1. The van der Waals surface area contributed by atoms with Gasteiger partial charge in [-0.1, -0.05) is 12.1 Å². The molecule has 0 saturated heterocycles.